The molecule has 2 aliphatic heterocycles. The molecule has 1 fully saturated rings. The minimum Gasteiger partial charge on any atom is -0.353 e. The summed E-state index contributed by atoms with van der Waals surface area (Å²) < 4.78 is 0. The summed E-state index contributed by atoms with van der Waals surface area (Å²) in [5.41, 5.74) is 4.22. The first-order valence-electron chi connectivity index (χ1n) is 6.92. The second kappa shape index (κ2) is 4.35. The zero-order valence-electron chi connectivity index (χ0n) is 10.8. The van der Waals surface area contributed by atoms with E-state index in [1.807, 2.05) is 12.3 Å². The van der Waals surface area contributed by atoms with Gasteiger partial charge in [-0.05, 0) is 22.8 Å². The van der Waals surface area contributed by atoms with Gasteiger partial charge in [-0.15, -0.1) is 0 Å². The maximum Gasteiger partial charge on any atom is 0.132 e. The van der Waals surface area contributed by atoms with Crippen molar-refractivity contribution in [3.8, 4) is 0 Å². The second-order valence-corrected chi connectivity index (χ2v) is 5.31. The molecule has 1 aromatic carbocycles. The van der Waals surface area contributed by atoms with Crippen LogP contribution in [0.25, 0.3) is 0 Å². The lowest BCUT2D eigenvalue weighted by molar-refractivity contribution is 0.464. The topological polar surface area (TPSA) is 28.2 Å². The Balaban J connectivity index is 1.89. The summed E-state index contributed by atoms with van der Waals surface area (Å²) in [7, 11) is 0. The van der Waals surface area contributed by atoms with Gasteiger partial charge in [-0.2, -0.15) is 0 Å². The Morgan fingerprint density at radius 3 is 3.00 bits per heavy atom. The van der Waals surface area contributed by atoms with Gasteiger partial charge in [0, 0.05) is 32.3 Å². The largest absolute Gasteiger partial charge is 0.353 e. The number of anilines is 1. The van der Waals surface area contributed by atoms with E-state index in [9.17, 15) is 0 Å². The van der Waals surface area contributed by atoms with E-state index in [0.29, 0.717) is 6.04 Å². The number of pyridine rings is 1. The summed E-state index contributed by atoms with van der Waals surface area (Å²) in [6, 6.07) is 13.5. The third-order valence-electron chi connectivity index (χ3n) is 4.15. The highest BCUT2D eigenvalue weighted by atomic mass is 15.2. The Labute approximate surface area is 113 Å². The van der Waals surface area contributed by atoms with E-state index in [1.54, 1.807) is 0 Å². The number of aromatic nitrogens is 1. The van der Waals surface area contributed by atoms with Crippen LogP contribution >= 0.6 is 0 Å². The fraction of sp³-hybridized carbons (Fsp3) is 0.312. The van der Waals surface area contributed by atoms with Gasteiger partial charge in [-0.3, -0.25) is 0 Å². The van der Waals surface area contributed by atoms with Crippen molar-refractivity contribution in [1.29, 1.82) is 0 Å². The summed E-state index contributed by atoms with van der Waals surface area (Å²) in [5, 5.41) is 3.64. The van der Waals surface area contributed by atoms with Gasteiger partial charge in [0.15, 0.2) is 0 Å². The summed E-state index contributed by atoms with van der Waals surface area (Å²) >= 11 is 0. The van der Waals surface area contributed by atoms with E-state index >= 15 is 0 Å². The maximum atomic E-state index is 4.61. The summed E-state index contributed by atoms with van der Waals surface area (Å²) in [5.74, 6) is 1.17. The molecule has 1 aromatic heterocycles. The van der Waals surface area contributed by atoms with Crippen LogP contribution in [0.2, 0.25) is 0 Å². The van der Waals surface area contributed by atoms with Crippen LogP contribution in [0.3, 0.4) is 0 Å². The first-order chi connectivity index (χ1) is 9.42. The van der Waals surface area contributed by atoms with Gasteiger partial charge in [-0.1, -0.05) is 30.3 Å². The van der Waals surface area contributed by atoms with Crippen LogP contribution in [0.4, 0.5) is 5.82 Å². The molecule has 0 spiro atoms. The summed E-state index contributed by atoms with van der Waals surface area (Å²) in [6.45, 7) is 3.08. The van der Waals surface area contributed by atoms with Crippen LogP contribution in [0.1, 0.15) is 22.7 Å². The van der Waals surface area contributed by atoms with Gasteiger partial charge in [0.1, 0.15) is 5.82 Å². The average molecular weight is 251 g/mol. The molecule has 0 saturated carbocycles. The zero-order valence-corrected chi connectivity index (χ0v) is 10.8. The molecule has 4 rings (SSSR count). The number of fused-ring (bicyclic) bond motifs is 6. The molecule has 3 heterocycles. The normalized spacial score (nSPS) is 21.1. The molecule has 2 aromatic rings. The van der Waals surface area contributed by atoms with Gasteiger partial charge in [0.25, 0.3) is 0 Å². The van der Waals surface area contributed by atoms with Crippen LogP contribution in [0.15, 0.2) is 42.6 Å². The van der Waals surface area contributed by atoms with E-state index in [2.05, 4.69) is 45.5 Å². The summed E-state index contributed by atoms with van der Waals surface area (Å²) in [6.07, 6.45) is 2.89. The Hall–Kier alpha value is -1.87. The number of nitrogens with one attached hydrogen (secondary N) is 1. The number of piperazine rings is 1. The second-order valence-electron chi connectivity index (χ2n) is 5.31. The third kappa shape index (κ3) is 1.81. The average Bonchev–Trinajstić information content (AvgIpc) is 2.48. The maximum absolute atomic E-state index is 4.61. The van der Waals surface area contributed by atoms with Crippen molar-refractivity contribution in [1.82, 2.24) is 10.3 Å². The molecule has 96 valence electrons. The van der Waals surface area contributed by atoms with Crippen LogP contribution in [0.5, 0.6) is 0 Å². The molecule has 2 bridgehead atoms. The first kappa shape index (κ1) is 11.0. The van der Waals surface area contributed by atoms with Crippen molar-refractivity contribution in [2.45, 2.75) is 12.5 Å². The number of rotatable bonds is 0. The minimum atomic E-state index is 0.431. The minimum absolute atomic E-state index is 0.431. The van der Waals surface area contributed by atoms with E-state index in [1.165, 1.54) is 22.5 Å². The molecule has 3 heteroatoms. The Morgan fingerprint density at radius 1 is 1.11 bits per heavy atom. The van der Waals surface area contributed by atoms with Crippen molar-refractivity contribution in [2.24, 2.45) is 0 Å². The lowest BCUT2D eigenvalue weighted by Gasteiger charge is -2.38. The van der Waals surface area contributed by atoms with Gasteiger partial charge < -0.3 is 10.2 Å². The first-order valence-corrected chi connectivity index (χ1v) is 6.92. The smallest absolute Gasteiger partial charge is 0.132 e. The highest BCUT2D eigenvalue weighted by molar-refractivity contribution is 5.52. The molecule has 1 saturated heterocycles. The van der Waals surface area contributed by atoms with Crippen molar-refractivity contribution in [2.75, 3.05) is 24.5 Å². The number of hydrogen-bond acceptors (Lipinski definition) is 3. The predicted octanol–water partition coefficient (Wildman–Crippen LogP) is 2.14. The van der Waals surface area contributed by atoms with Crippen LogP contribution < -0.4 is 10.2 Å². The van der Waals surface area contributed by atoms with E-state index in [0.717, 1.165) is 26.1 Å². The van der Waals surface area contributed by atoms with Crippen molar-refractivity contribution < 1.29 is 0 Å². The van der Waals surface area contributed by atoms with Gasteiger partial charge in [-0.25, -0.2) is 4.98 Å². The highest BCUT2D eigenvalue weighted by Gasteiger charge is 2.27. The number of benzene rings is 1. The van der Waals surface area contributed by atoms with Gasteiger partial charge in [0.05, 0.1) is 6.04 Å². The lowest BCUT2D eigenvalue weighted by atomic mass is 9.92. The third-order valence-corrected chi connectivity index (χ3v) is 4.15. The Morgan fingerprint density at radius 2 is 2.00 bits per heavy atom. The fourth-order valence-electron chi connectivity index (χ4n) is 3.24. The van der Waals surface area contributed by atoms with E-state index < -0.39 is 0 Å². The monoisotopic (exact) mass is 251 g/mol. The quantitative estimate of drug-likeness (QED) is 0.777. The Kier molecular flexibility index (Phi) is 2.52. The Bertz CT molecular complexity index is 557. The molecule has 3 nitrogen and oxygen atoms in total. The molecular weight excluding hydrogens is 234 g/mol. The van der Waals surface area contributed by atoms with Crippen LogP contribution in [-0.4, -0.2) is 24.6 Å². The highest BCUT2D eigenvalue weighted by Crippen LogP contribution is 2.31. The fourth-order valence-corrected chi connectivity index (χ4v) is 3.24. The van der Waals surface area contributed by atoms with Gasteiger partial charge in [0.2, 0.25) is 0 Å². The molecule has 1 N–H and O–H groups in total. The molecule has 1 atom stereocenters. The van der Waals surface area contributed by atoms with Crippen LogP contribution in [-0.2, 0) is 6.42 Å². The van der Waals surface area contributed by atoms with E-state index in [-0.39, 0.29) is 0 Å². The molecule has 1 unspecified atom stereocenters. The SMILES string of the molecule is c1ccc2c(c1)Cc1cccnc1N1CCNC2C1. The van der Waals surface area contributed by atoms with Crippen molar-refractivity contribution in [3.05, 3.63) is 59.3 Å². The van der Waals surface area contributed by atoms with Crippen molar-refractivity contribution >= 4 is 5.82 Å². The molecule has 19 heavy (non-hydrogen) atoms. The van der Waals surface area contributed by atoms with Crippen molar-refractivity contribution in [3.63, 3.8) is 0 Å². The molecule has 0 radical (unpaired) electrons. The van der Waals surface area contributed by atoms with E-state index in [4.69, 9.17) is 0 Å². The number of nitrogens with zero attached hydrogens (tertiary/aromatic N) is 2. The zero-order chi connectivity index (χ0) is 12.7. The standard InChI is InChI=1S/C16H17N3/c1-2-6-14-12(4-1)10-13-5-3-7-18-16(13)19-9-8-17-15(14)11-19/h1-7,15,17H,8-11H2. The van der Waals surface area contributed by atoms with Gasteiger partial charge >= 0.3 is 0 Å². The summed E-state index contributed by atoms with van der Waals surface area (Å²) in [4.78, 5) is 7.04. The molecule has 2 aliphatic rings. The molecule has 0 amide bonds. The molecular formula is C16H17N3. The van der Waals surface area contributed by atoms with Crippen LogP contribution in [0, 0.1) is 0 Å². The predicted molar refractivity (Wildman–Crippen MR) is 76.4 cm³/mol. The number of hydrogen-bond donors (Lipinski definition) is 1. The lowest BCUT2D eigenvalue weighted by Crippen LogP contribution is -2.47. The molecule has 0 aliphatic carbocycles.